The Bertz CT molecular complexity index is 398. The van der Waals surface area contributed by atoms with E-state index in [0.29, 0.717) is 0 Å². The quantitative estimate of drug-likeness (QED) is 0.867. The molecule has 1 aromatic rings. The molecule has 1 rings (SSSR count). The summed E-state index contributed by atoms with van der Waals surface area (Å²) in [4.78, 5) is 11.4. The van der Waals surface area contributed by atoms with Crippen molar-refractivity contribution in [1.29, 1.82) is 5.26 Å². The molecule has 1 amide bonds. The van der Waals surface area contributed by atoms with E-state index >= 15 is 0 Å². The summed E-state index contributed by atoms with van der Waals surface area (Å²) in [5.41, 5.74) is 0.934. The van der Waals surface area contributed by atoms with Crippen LogP contribution in [0.5, 0.6) is 0 Å². The first-order chi connectivity index (χ1) is 8.13. The van der Waals surface area contributed by atoms with Crippen molar-refractivity contribution in [1.82, 2.24) is 5.32 Å². The van der Waals surface area contributed by atoms with Crippen molar-refractivity contribution in [3.05, 3.63) is 35.9 Å². The lowest BCUT2D eigenvalue weighted by atomic mass is 10.1. The summed E-state index contributed by atoms with van der Waals surface area (Å²) in [6.45, 7) is 3.76. The third-order valence-electron chi connectivity index (χ3n) is 2.51. The molecule has 0 aliphatic heterocycles. The third-order valence-corrected chi connectivity index (χ3v) is 2.51. The van der Waals surface area contributed by atoms with Crippen LogP contribution < -0.4 is 5.32 Å². The molecule has 0 saturated carbocycles. The molecular weight excluding hydrogens is 216 g/mol. The van der Waals surface area contributed by atoms with E-state index in [2.05, 4.69) is 11.4 Å². The molecule has 0 spiro atoms. The second-order valence-corrected chi connectivity index (χ2v) is 3.91. The van der Waals surface area contributed by atoms with Crippen molar-refractivity contribution in [3.8, 4) is 6.07 Å². The van der Waals surface area contributed by atoms with Crippen LogP contribution in [-0.4, -0.2) is 12.1 Å². The molecule has 4 heteroatoms. The van der Waals surface area contributed by atoms with Crippen LogP contribution >= 0.6 is 0 Å². The molecule has 17 heavy (non-hydrogen) atoms. The number of benzene rings is 1. The molecule has 0 fully saturated rings. The Labute approximate surface area is 101 Å². The fourth-order valence-corrected chi connectivity index (χ4v) is 1.19. The highest BCUT2D eigenvalue weighted by molar-refractivity contribution is 5.67. The molecule has 90 valence electrons. The molecule has 0 heterocycles. The van der Waals surface area contributed by atoms with Gasteiger partial charge in [0.25, 0.3) is 0 Å². The summed E-state index contributed by atoms with van der Waals surface area (Å²) >= 11 is 0. The highest BCUT2D eigenvalue weighted by atomic mass is 16.5. The fraction of sp³-hybridized carbons (Fsp3) is 0.385. The van der Waals surface area contributed by atoms with Crippen LogP contribution in [0.15, 0.2) is 30.3 Å². The normalized spacial score (nSPS) is 13.2. The molecule has 0 aromatic heterocycles. The van der Waals surface area contributed by atoms with Crippen molar-refractivity contribution in [3.63, 3.8) is 0 Å². The fourth-order valence-electron chi connectivity index (χ4n) is 1.19. The van der Waals surface area contributed by atoms with Crippen LogP contribution in [0.3, 0.4) is 0 Å². The maximum Gasteiger partial charge on any atom is 0.407 e. The Morgan fingerprint density at radius 1 is 1.41 bits per heavy atom. The molecule has 0 saturated heterocycles. The van der Waals surface area contributed by atoms with Crippen LogP contribution in [0.4, 0.5) is 4.79 Å². The maximum atomic E-state index is 11.4. The number of amides is 1. The zero-order valence-electron chi connectivity index (χ0n) is 10.0. The number of carbonyl (C=O) groups excluding carboxylic acids is 1. The number of nitrogens with zero attached hydrogens (tertiary/aromatic N) is 1. The number of alkyl carbamates (subject to hydrolysis) is 1. The van der Waals surface area contributed by atoms with Gasteiger partial charge in [-0.3, -0.25) is 0 Å². The molecule has 1 N–H and O–H groups in total. The molecule has 4 nitrogen and oxygen atoms in total. The first-order valence-corrected chi connectivity index (χ1v) is 5.50. The molecular formula is C13H16N2O2. The van der Waals surface area contributed by atoms with Crippen LogP contribution in [0, 0.1) is 17.2 Å². The first kappa shape index (κ1) is 13.0. The monoisotopic (exact) mass is 232 g/mol. The summed E-state index contributed by atoms with van der Waals surface area (Å²) in [6, 6.07) is 11.3. The highest BCUT2D eigenvalue weighted by Gasteiger charge is 2.14. The largest absolute Gasteiger partial charge is 0.445 e. The average Bonchev–Trinajstić information content (AvgIpc) is 2.36. The van der Waals surface area contributed by atoms with E-state index in [0.717, 1.165) is 5.56 Å². The van der Waals surface area contributed by atoms with E-state index in [1.54, 1.807) is 13.8 Å². The van der Waals surface area contributed by atoms with Gasteiger partial charge in [0, 0.05) is 6.04 Å². The lowest BCUT2D eigenvalue weighted by molar-refractivity contribution is 0.135. The first-order valence-electron chi connectivity index (χ1n) is 5.50. The topological polar surface area (TPSA) is 62.1 Å². The molecule has 0 aliphatic carbocycles. The summed E-state index contributed by atoms with van der Waals surface area (Å²) in [7, 11) is 0. The Balaban J connectivity index is 2.34. The lowest BCUT2D eigenvalue weighted by Gasteiger charge is -2.15. The number of carbonyl (C=O) groups is 1. The van der Waals surface area contributed by atoms with Gasteiger partial charge in [-0.15, -0.1) is 0 Å². The van der Waals surface area contributed by atoms with Gasteiger partial charge in [0.1, 0.15) is 6.61 Å². The number of nitrogens with one attached hydrogen (secondary N) is 1. The number of hydrogen-bond acceptors (Lipinski definition) is 3. The third kappa shape index (κ3) is 4.56. The lowest BCUT2D eigenvalue weighted by Crippen LogP contribution is -2.36. The van der Waals surface area contributed by atoms with Crippen LogP contribution in [0.2, 0.25) is 0 Å². The number of ether oxygens (including phenoxy) is 1. The highest BCUT2D eigenvalue weighted by Crippen LogP contribution is 2.03. The Morgan fingerprint density at radius 2 is 2.06 bits per heavy atom. The van der Waals surface area contributed by atoms with Crippen LogP contribution in [0.1, 0.15) is 19.4 Å². The van der Waals surface area contributed by atoms with E-state index in [1.807, 2.05) is 30.3 Å². The second kappa shape index (κ2) is 6.54. The molecule has 0 aliphatic rings. The van der Waals surface area contributed by atoms with Crippen LogP contribution in [0.25, 0.3) is 0 Å². The van der Waals surface area contributed by atoms with Gasteiger partial charge in [0.2, 0.25) is 0 Å². The zero-order chi connectivity index (χ0) is 12.7. The summed E-state index contributed by atoms with van der Waals surface area (Å²) in [6.07, 6.45) is -0.497. The van der Waals surface area contributed by atoms with Gasteiger partial charge in [0.05, 0.1) is 12.0 Å². The van der Waals surface area contributed by atoms with Crippen molar-refractivity contribution < 1.29 is 9.53 Å². The van der Waals surface area contributed by atoms with E-state index < -0.39 is 6.09 Å². The minimum atomic E-state index is -0.497. The van der Waals surface area contributed by atoms with Crippen LogP contribution in [-0.2, 0) is 11.3 Å². The zero-order valence-corrected chi connectivity index (χ0v) is 10.0. The molecule has 0 bridgehead atoms. The number of hydrogen-bond donors (Lipinski definition) is 1. The predicted octanol–water partition coefficient (Wildman–Crippen LogP) is 2.46. The standard InChI is InChI=1S/C13H16N2O2/c1-10(8-14)11(2)15-13(16)17-9-12-6-4-3-5-7-12/h3-7,10-11H,9H2,1-2H3,(H,15,16)/t10?,11-/m0/s1. The van der Waals surface area contributed by atoms with E-state index in [1.165, 1.54) is 0 Å². The minimum Gasteiger partial charge on any atom is -0.445 e. The van der Waals surface area contributed by atoms with Gasteiger partial charge in [-0.05, 0) is 19.4 Å². The number of rotatable bonds is 4. The SMILES string of the molecule is CC(C#N)[C@H](C)NC(=O)OCc1ccccc1. The van der Waals surface area contributed by atoms with Gasteiger partial charge in [-0.1, -0.05) is 30.3 Å². The van der Waals surface area contributed by atoms with E-state index in [4.69, 9.17) is 10.00 Å². The average molecular weight is 232 g/mol. The summed E-state index contributed by atoms with van der Waals surface area (Å²) < 4.78 is 5.03. The predicted molar refractivity (Wildman–Crippen MR) is 64.0 cm³/mol. The Morgan fingerprint density at radius 3 is 2.65 bits per heavy atom. The van der Waals surface area contributed by atoms with Crippen molar-refractivity contribution >= 4 is 6.09 Å². The number of nitriles is 1. The van der Waals surface area contributed by atoms with E-state index in [-0.39, 0.29) is 18.6 Å². The van der Waals surface area contributed by atoms with Crippen molar-refractivity contribution in [2.24, 2.45) is 5.92 Å². The smallest absolute Gasteiger partial charge is 0.407 e. The van der Waals surface area contributed by atoms with Gasteiger partial charge in [-0.2, -0.15) is 5.26 Å². The van der Waals surface area contributed by atoms with Crippen molar-refractivity contribution in [2.75, 3.05) is 0 Å². The Hall–Kier alpha value is -2.02. The Kier molecular flexibility index (Phi) is 5.02. The summed E-state index contributed by atoms with van der Waals surface area (Å²) in [5.74, 6) is -0.237. The minimum absolute atomic E-state index is 0.219. The van der Waals surface area contributed by atoms with Gasteiger partial charge >= 0.3 is 6.09 Å². The molecule has 2 atom stereocenters. The summed E-state index contributed by atoms with van der Waals surface area (Å²) in [5, 5.41) is 11.3. The molecule has 1 aromatic carbocycles. The van der Waals surface area contributed by atoms with Gasteiger partial charge < -0.3 is 10.1 Å². The van der Waals surface area contributed by atoms with Gasteiger partial charge in [0.15, 0.2) is 0 Å². The van der Waals surface area contributed by atoms with E-state index in [9.17, 15) is 4.79 Å². The second-order valence-electron chi connectivity index (χ2n) is 3.91. The van der Waals surface area contributed by atoms with Gasteiger partial charge in [-0.25, -0.2) is 4.79 Å². The van der Waals surface area contributed by atoms with Crippen molar-refractivity contribution in [2.45, 2.75) is 26.5 Å². The molecule has 0 radical (unpaired) electrons. The maximum absolute atomic E-state index is 11.4. The molecule has 1 unspecified atom stereocenters.